The maximum absolute atomic E-state index is 12.2. The minimum atomic E-state index is -2.81. The van der Waals surface area contributed by atoms with Crippen molar-refractivity contribution in [2.75, 3.05) is 46.4 Å². The van der Waals surface area contributed by atoms with Gasteiger partial charge in [0.1, 0.15) is 5.75 Å². The quantitative estimate of drug-likeness (QED) is 0.551. The Morgan fingerprint density at radius 2 is 1.96 bits per heavy atom. The third-order valence-corrected chi connectivity index (χ3v) is 4.44. The van der Waals surface area contributed by atoms with Crippen LogP contribution in [0.4, 0.5) is 8.78 Å². The second-order valence-corrected chi connectivity index (χ2v) is 6.57. The van der Waals surface area contributed by atoms with E-state index in [1.807, 2.05) is 18.9 Å². The fourth-order valence-electron chi connectivity index (χ4n) is 2.95. The molecule has 152 valence electrons. The third kappa shape index (κ3) is 7.30. The summed E-state index contributed by atoms with van der Waals surface area (Å²) in [7, 11) is 1.96. The van der Waals surface area contributed by atoms with Gasteiger partial charge in [-0.2, -0.15) is 8.78 Å². The Bertz CT molecular complexity index is 578. The average Bonchev–Trinajstić information content (AvgIpc) is 2.66. The lowest BCUT2D eigenvalue weighted by Gasteiger charge is -2.32. The van der Waals surface area contributed by atoms with Crippen LogP contribution in [0.1, 0.15) is 19.4 Å². The molecule has 0 aliphatic carbocycles. The van der Waals surface area contributed by atoms with Crippen LogP contribution in [0.15, 0.2) is 29.3 Å². The van der Waals surface area contributed by atoms with Crippen LogP contribution < -0.4 is 10.1 Å². The summed E-state index contributed by atoms with van der Waals surface area (Å²) in [6.45, 7) is 6.94. The number of alkyl halides is 2. The third-order valence-electron chi connectivity index (χ3n) is 4.44. The van der Waals surface area contributed by atoms with Gasteiger partial charge in [-0.25, -0.2) is 0 Å². The maximum atomic E-state index is 12.2. The Labute approximate surface area is 160 Å². The molecule has 1 aromatic carbocycles. The highest BCUT2D eigenvalue weighted by Crippen LogP contribution is 2.16. The van der Waals surface area contributed by atoms with Gasteiger partial charge in [-0.15, -0.1) is 0 Å². The van der Waals surface area contributed by atoms with E-state index >= 15 is 0 Å². The van der Waals surface area contributed by atoms with E-state index in [-0.39, 0.29) is 5.75 Å². The minimum absolute atomic E-state index is 0.163. The van der Waals surface area contributed by atoms with Crippen molar-refractivity contribution < 1.29 is 18.3 Å². The van der Waals surface area contributed by atoms with Crippen LogP contribution in [0.25, 0.3) is 0 Å². The highest BCUT2D eigenvalue weighted by molar-refractivity contribution is 5.79. The van der Waals surface area contributed by atoms with Gasteiger partial charge in [-0.1, -0.05) is 12.1 Å². The zero-order valence-electron chi connectivity index (χ0n) is 16.3. The monoisotopic (exact) mass is 384 g/mol. The number of rotatable bonds is 8. The number of hydrogen-bond donors (Lipinski definition) is 1. The van der Waals surface area contributed by atoms with E-state index in [9.17, 15) is 8.78 Å². The van der Waals surface area contributed by atoms with Crippen LogP contribution in [0.5, 0.6) is 5.75 Å². The largest absolute Gasteiger partial charge is 0.435 e. The summed E-state index contributed by atoms with van der Waals surface area (Å²) in [5, 5.41) is 3.31. The highest BCUT2D eigenvalue weighted by Gasteiger charge is 2.17. The molecule has 0 saturated carbocycles. The normalized spacial score (nSPS) is 17.0. The first-order valence-corrected chi connectivity index (χ1v) is 9.34. The van der Waals surface area contributed by atoms with Crippen LogP contribution in [-0.2, 0) is 11.3 Å². The molecule has 0 radical (unpaired) electrons. The van der Waals surface area contributed by atoms with Crippen LogP contribution in [0.3, 0.4) is 0 Å². The van der Waals surface area contributed by atoms with E-state index in [0.29, 0.717) is 19.1 Å². The number of nitrogens with one attached hydrogen (secondary N) is 1. The Morgan fingerprint density at radius 3 is 2.56 bits per heavy atom. The summed E-state index contributed by atoms with van der Waals surface area (Å²) >= 11 is 0. The first kappa shape index (κ1) is 21.4. The predicted octanol–water partition coefficient (Wildman–Crippen LogP) is 2.41. The molecular formula is C19H30F2N4O2. The first-order chi connectivity index (χ1) is 13.0. The molecule has 1 unspecified atom stereocenters. The second-order valence-electron chi connectivity index (χ2n) is 6.57. The Balaban J connectivity index is 1.93. The van der Waals surface area contributed by atoms with Crippen molar-refractivity contribution in [3.8, 4) is 5.75 Å². The van der Waals surface area contributed by atoms with E-state index in [1.165, 1.54) is 0 Å². The van der Waals surface area contributed by atoms with Gasteiger partial charge in [0.2, 0.25) is 0 Å². The summed E-state index contributed by atoms with van der Waals surface area (Å²) in [5.41, 5.74) is 0.992. The number of morpholine rings is 1. The summed E-state index contributed by atoms with van der Waals surface area (Å²) in [5.74, 6) is 0.988. The number of ether oxygens (including phenoxy) is 2. The fraction of sp³-hybridized carbons (Fsp3) is 0.632. The number of aliphatic imine (C=N–C) groups is 1. The van der Waals surface area contributed by atoms with Crippen LogP contribution in [0, 0.1) is 0 Å². The number of halogens is 2. The zero-order valence-corrected chi connectivity index (χ0v) is 16.3. The van der Waals surface area contributed by atoms with Gasteiger partial charge in [0, 0.05) is 39.3 Å². The van der Waals surface area contributed by atoms with Gasteiger partial charge >= 0.3 is 6.61 Å². The van der Waals surface area contributed by atoms with Gasteiger partial charge in [-0.3, -0.25) is 9.89 Å². The Hall–Kier alpha value is -1.93. The summed E-state index contributed by atoms with van der Waals surface area (Å²) < 4.78 is 34.3. The van der Waals surface area contributed by atoms with Crippen LogP contribution in [-0.4, -0.2) is 74.9 Å². The first-order valence-electron chi connectivity index (χ1n) is 9.34. The van der Waals surface area contributed by atoms with E-state index in [4.69, 9.17) is 9.73 Å². The minimum Gasteiger partial charge on any atom is -0.435 e. The lowest BCUT2D eigenvalue weighted by Crippen LogP contribution is -2.44. The van der Waals surface area contributed by atoms with Crippen molar-refractivity contribution in [2.45, 2.75) is 33.0 Å². The molecule has 1 heterocycles. The van der Waals surface area contributed by atoms with Gasteiger partial charge < -0.3 is 19.7 Å². The lowest BCUT2D eigenvalue weighted by molar-refractivity contribution is -0.0498. The smallest absolute Gasteiger partial charge is 0.387 e. The molecule has 1 saturated heterocycles. The van der Waals surface area contributed by atoms with Crippen molar-refractivity contribution >= 4 is 5.96 Å². The van der Waals surface area contributed by atoms with Gasteiger partial charge in [-0.05, 0) is 31.5 Å². The van der Waals surface area contributed by atoms with Crippen molar-refractivity contribution in [3.63, 3.8) is 0 Å². The fourth-order valence-corrected chi connectivity index (χ4v) is 2.95. The van der Waals surface area contributed by atoms with Crippen LogP contribution in [0.2, 0.25) is 0 Å². The number of benzene rings is 1. The molecule has 8 heteroatoms. The summed E-state index contributed by atoms with van der Waals surface area (Å²) in [6, 6.07) is 7.03. The van der Waals surface area contributed by atoms with Gasteiger partial charge in [0.05, 0.1) is 19.8 Å². The van der Waals surface area contributed by atoms with E-state index in [2.05, 4.69) is 21.9 Å². The Morgan fingerprint density at radius 1 is 1.30 bits per heavy atom. The number of hydrogen-bond acceptors (Lipinski definition) is 4. The van der Waals surface area contributed by atoms with E-state index in [0.717, 1.165) is 44.4 Å². The van der Waals surface area contributed by atoms with Crippen molar-refractivity contribution in [2.24, 2.45) is 4.99 Å². The molecule has 1 N–H and O–H groups in total. The molecule has 1 atom stereocenters. The molecule has 0 aromatic heterocycles. The molecule has 2 rings (SSSR count). The topological polar surface area (TPSA) is 49.3 Å². The van der Waals surface area contributed by atoms with Gasteiger partial charge in [0.25, 0.3) is 0 Å². The van der Waals surface area contributed by atoms with E-state index < -0.39 is 6.61 Å². The Kier molecular flexibility index (Phi) is 8.74. The van der Waals surface area contributed by atoms with Crippen molar-refractivity contribution in [1.82, 2.24) is 15.1 Å². The molecule has 27 heavy (non-hydrogen) atoms. The number of guanidine groups is 1. The lowest BCUT2D eigenvalue weighted by atomic mass is 10.2. The molecule has 6 nitrogen and oxygen atoms in total. The molecule has 1 aromatic rings. The molecule has 0 spiro atoms. The molecule has 1 fully saturated rings. The SMILES string of the molecule is CCNC(=NCC(C)N1CCOCC1)N(C)Cc1ccc(OC(F)F)cc1. The van der Waals surface area contributed by atoms with Gasteiger partial charge in [0.15, 0.2) is 5.96 Å². The molecular weight excluding hydrogens is 354 g/mol. The maximum Gasteiger partial charge on any atom is 0.387 e. The van der Waals surface area contributed by atoms with E-state index in [1.54, 1.807) is 24.3 Å². The standard InChI is InChI=1S/C19H30F2N4O2/c1-4-22-19(23-13-15(2)25-9-11-26-12-10-25)24(3)14-16-5-7-17(8-6-16)27-18(20)21/h5-8,15,18H,4,9-14H2,1-3H3,(H,22,23). The summed E-state index contributed by atoms with van der Waals surface area (Å²) in [6.07, 6.45) is 0. The van der Waals surface area contributed by atoms with Crippen molar-refractivity contribution in [3.05, 3.63) is 29.8 Å². The average molecular weight is 384 g/mol. The molecule has 0 amide bonds. The second kappa shape index (κ2) is 11.0. The zero-order chi connectivity index (χ0) is 19.6. The molecule has 0 bridgehead atoms. The van der Waals surface area contributed by atoms with Crippen LogP contribution >= 0.6 is 0 Å². The molecule has 1 aliphatic heterocycles. The predicted molar refractivity (Wildman–Crippen MR) is 102 cm³/mol. The van der Waals surface area contributed by atoms with Crippen molar-refractivity contribution in [1.29, 1.82) is 0 Å². The highest BCUT2D eigenvalue weighted by atomic mass is 19.3. The number of nitrogens with zero attached hydrogens (tertiary/aromatic N) is 3. The molecule has 1 aliphatic rings. The summed E-state index contributed by atoms with van der Waals surface area (Å²) in [4.78, 5) is 9.18.